The molecule has 0 radical (unpaired) electrons. The van der Waals surface area contributed by atoms with Gasteiger partial charge < -0.3 is 19.6 Å². The lowest BCUT2D eigenvalue weighted by Crippen LogP contribution is -2.04. The molecule has 0 aliphatic heterocycles. The monoisotopic (exact) mass is 356 g/mol. The van der Waals surface area contributed by atoms with Gasteiger partial charge in [0.05, 0.1) is 11.0 Å². The van der Waals surface area contributed by atoms with E-state index in [2.05, 4.69) is 19.4 Å². The molecule has 0 bridgehead atoms. The molecule has 0 saturated carbocycles. The molecular weight excluding hydrogens is 344 g/mol. The van der Waals surface area contributed by atoms with Gasteiger partial charge in [-0.15, -0.1) is 0 Å². The second-order valence-electron chi connectivity index (χ2n) is 5.03. The van der Waals surface area contributed by atoms with E-state index in [0.29, 0.717) is 16.6 Å². The van der Waals surface area contributed by atoms with Crippen molar-refractivity contribution in [2.24, 2.45) is 0 Å². The number of H-pyrrole nitrogens is 1. The van der Waals surface area contributed by atoms with Gasteiger partial charge in [-0.1, -0.05) is 12.1 Å². The molecule has 1 unspecified atom stereocenters. The number of benzene rings is 2. The van der Waals surface area contributed by atoms with Crippen molar-refractivity contribution >= 4 is 11.0 Å². The molecule has 2 N–H and O–H groups in total. The molecule has 0 aliphatic carbocycles. The van der Waals surface area contributed by atoms with Crippen LogP contribution in [-0.4, -0.2) is 28.3 Å². The Hall–Kier alpha value is -2.81. The second-order valence-corrected chi connectivity index (χ2v) is 5.03. The van der Waals surface area contributed by atoms with Crippen molar-refractivity contribution in [2.45, 2.75) is 19.3 Å². The third-order valence-corrected chi connectivity index (χ3v) is 3.38. The van der Waals surface area contributed by atoms with Gasteiger partial charge in [-0.05, 0) is 29.8 Å². The molecule has 1 aromatic heterocycles. The number of hydrogen-bond donors (Lipinski definition) is 2. The number of aromatic nitrogens is 2. The maximum atomic E-state index is 12.2. The number of rotatable bonds is 6. The summed E-state index contributed by atoms with van der Waals surface area (Å²) in [6.45, 7) is -5.88. The number of aliphatic hydroxyl groups is 1. The van der Waals surface area contributed by atoms with Crippen LogP contribution in [0.3, 0.4) is 0 Å². The Morgan fingerprint density at radius 3 is 2.12 bits per heavy atom. The Kier molecular flexibility index (Phi) is 4.75. The maximum absolute atomic E-state index is 12.2. The molecule has 3 rings (SSSR count). The molecule has 1 heterocycles. The molecule has 0 aliphatic rings. The number of alkyl halides is 4. The van der Waals surface area contributed by atoms with Gasteiger partial charge >= 0.3 is 13.2 Å². The van der Waals surface area contributed by atoms with Crippen LogP contribution in [0.4, 0.5) is 17.6 Å². The SMILES string of the molecule is OC(c1ccc(OC(F)F)cc1)c1nc2cc(OC(F)F)ccc2[nH]1. The highest BCUT2D eigenvalue weighted by atomic mass is 19.3. The van der Waals surface area contributed by atoms with Gasteiger partial charge in [0, 0.05) is 6.07 Å². The van der Waals surface area contributed by atoms with Crippen molar-refractivity contribution in [2.75, 3.05) is 0 Å². The third-order valence-electron chi connectivity index (χ3n) is 3.38. The van der Waals surface area contributed by atoms with E-state index in [1.165, 1.54) is 42.5 Å². The predicted octanol–water partition coefficient (Wildman–Crippen LogP) is 3.85. The van der Waals surface area contributed by atoms with Crippen LogP contribution >= 0.6 is 0 Å². The smallest absolute Gasteiger partial charge is 0.387 e. The molecule has 0 amide bonds. The van der Waals surface area contributed by atoms with Crippen molar-refractivity contribution in [3.05, 3.63) is 53.9 Å². The van der Waals surface area contributed by atoms with E-state index in [1.54, 1.807) is 0 Å². The number of fused-ring (bicyclic) bond motifs is 1. The summed E-state index contributed by atoms with van der Waals surface area (Å²) in [6, 6.07) is 9.58. The number of aliphatic hydroxyl groups excluding tert-OH is 1. The summed E-state index contributed by atoms with van der Waals surface area (Å²) in [5.41, 5.74) is 1.25. The van der Waals surface area contributed by atoms with Gasteiger partial charge in [0.15, 0.2) is 0 Å². The summed E-state index contributed by atoms with van der Waals surface area (Å²) in [5, 5.41) is 10.3. The molecule has 5 nitrogen and oxygen atoms in total. The Balaban J connectivity index is 1.82. The Bertz CT molecular complexity index is 852. The first-order valence-electron chi connectivity index (χ1n) is 7.09. The van der Waals surface area contributed by atoms with Crippen LogP contribution in [0.1, 0.15) is 17.5 Å². The number of ether oxygens (including phenoxy) is 2. The predicted molar refractivity (Wildman–Crippen MR) is 79.9 cm³/mol. The zero-order valence-corrected chi connectivity index (χ0v) is 12.5. The number of aromatic amines is 1. The largest absolute Gasteiger partial charge is 0.435 e. The fraction of sp³-hybridized carbons (Fsp3) is 0.188. The molecule has 0 fully saturated rings. The Morgan fingerprint density at radius 2 is 1.48 bits per heavy atom. The van der Waals surface area contributed by atoms with Crippen LogP contribution in [0.15, 0.2) is 42.5 Å². The number of imidazole rings is 1. The number of nitrogens with one attached hydrogen (secondary N) is 1. The van der Waals surface area contributed by atoms with Crippen LogP contribution in [0.5, 0.6) is 11.5 Å². The van der Waals surface area contributed by atoms with E-state index >= 15 is 0 Å². The fourth-order valence-electron chi connectivity index (χ4n) is 2.30. The van der Waals surface area contributed by atoms with Crippen molar-refractivity contribution in [3.63, 3.8) is 0 Å². The molecular formula is C16H12F4N2O3. The molecule has 0 spiro atoms. The van der Waals surface area contributed by atoms with Crippen molar-refractivity contribution in [1.29, 1.82) is 0 Å². The standard InChI is InChI=1S/C16H12F4N2O3/c17-15(18)24-9-3-1-8(2-4-9)13(23)14-21-11-6-5-10(25-16(19)20)7-12(11)22-14/h1-7,13,15-16,23H,(H,21,22). The summed E-state index contributed by atoms with van der Waals surface area (Å²) in [4.78, 5) is 7.01. The van der Waals surface area contributed by atoms with E-state index < -0.39 is 19.3 Å². The topological polar surface area (TPSA) is 67.4 Å². The highest BCUT2D eigenvalue weighted by Gasteiger charge is 2.16. The van der Waals surface area contributed by atoms with Gasteiger partial charge in [0.1, 0.15) is 23.4 Å². The van der Waals surface area contributed by atoms with Gasteiger partial charge in [0.2, 0.25) is 0 Å². The Morgan fingerprint density at radius 1 is 0.880 bits per heavy atom. The van der Waals surface area contributed by atoms with Crippen LogP contribution in [-0.2, 0) is 0 Å². The lowest BCUT2D eigenvalue weighted by atomic mass is 10.1. The van der Waals surface area contributed by atoms with E-state index in [4.69, 9.17) is 0 Å². The van der Waals surface area contributed by atoms with Gasteiger partial charge in [-0.2, -0.15) is 17.6 Å². The molecule has 2 aromatic carbocycles. The number of nitrogens with zero attached hydrogens (tertiary/aromatic N) is 1. The molecule has 3 aromatic rings. The molecule has 9 heteroatoms. The van der Waals surface area contributed by atoms with Gasteiger partial charge in [-0.25, -0.2) is 4.98 Å². The average molecular weight is 356 g/mol. The molecule has 25 heavy (non-hydrogen) atoms. The van der Waals surface area contributed by atoms with Crippen LogP contribution in [0.25, 0.3) is 11.0 Å². The average Bonchev–Trinajstić information content (AvgIpc) is 2.97. The van der Waals surface area contributed by atoms with E-state index in [-0.39, 0.29) is 17.3 Å². The lowest BCUT2D eigenvalue weighted by Gasteiger charge is -2.09. The normalized spacial score (nSPS) is 12.8. The van der Waals surface area contributed by atoms with Crippen molar-refractivity contribution in [3.8, 4) is 11.5 Å². The molecule has 132 valence electrons. The highest BCUT2D eigenvalue weighted by Crippen LogP contribution is 2.26. The van der Waals surface area contributed by atoms with E-state index in [1.807, 2.05) is 0 Å². The van der Waals surface area contributed by atoms with Gasteiger partial charge in [0.25, 0.3) is 0 Å². The molecule has 0 saturated heterocycles. The lowest BCUT2D eigenvalue weighted by molar-refractivity contribution is -0.0505. The molecule has 1 atom stereocenters. The van der Waals surface area contributed by atoms with E-state index in [0.717, 1.165) is 0 Å². The zero-order chi connectivity index (χ0) is 18.0. The maximum Gasteiger partial charge on any atom is 0.387 e. The first kappa shape index (κ1) is 17.0. The minimum Gasteiger partial charge on any atom is -0.435 e. The number of halogens is 4. The number of hydrogen-bond acceptors (Lipinski definition) is 4. The van der Waals surface area contributed by atoms with Crippen LogP contribution < -0.4 is 9.47 Å². The minimum absolute atomic E-state index is 0.0376. The van der Waals surface area contributed by atoms with E-state index in [9.17, 15) is 22.7 Å². The van der Waals surface area contributed by atoms with Crippen molar-refractivity contribution < 1.29 is 32.1 Å². The quantitative estimate of drug-likeness (QED) is 0.659. The third kappa shape index (κ3) is 4.00. The first-order chi connectivity index (χ1) is 11.9. The van der Waals surface area contributed by atoms with Crippen LogP contribution in [0.2, 0.25) is 0 Å². The minimum atomic E-state index is -2.95. The fourth-order valence-corrected chi connectivity index (χ4v) is 2.30. The Labute approximate surface area is 138 Å². The van der Waals surface area contributed by atoms with Crippen molar-refractivity contribution in [1.82, 2.24) is 9.97 Å². The first-order valence-corrected chi connectivity index (χ1v) is 7.09. The summed E-state index contributed by atoms with van der Waals surface area (Å²) in [5.74, 6) is 0.0830. The van der Waals surface area contributed by atoms with Gasteiger partial charge in [-0.3, -0.25) is 0 Å². The second kappa shape index (κ2) is 6.98. The summed E-state index contributed by atoms with van der Waals surface area (Å²) in [6.07, 6.45) is -1.16. The summed E-state index contributed by atoms with van der Waals surface area (Å²) >= 11 is 0. The van der Waals surface area contributed by atoms with Crippen LogP contribution in [0, 0.1) is 0 Å². The summed E-state index contributed by atoms with van der Waals surface area (Å²) < 4.78 is 57.3. The highest BCUT2D eigenvalue weighted by molar-refractivity contribution is 5.77. The summed E-state index contributed by atoms with van der Waals surface area (Å²) in [7, 11) is 0. The zero-order valence-electron chi connectivity index (χ0n) is 12.5.